The molecule has 0 amide bonds. The number of furan rings is 1. The zero-order chi connectivity index (χ0) is 44.6. The molecule has 0 aliphatic heterocycles. The first-order chi connectivity index (χ1) is 33.1. The Bertz CT molecular complexity index is 4150. The molecule has 0 N–H and O–H groups in total. The number of hydrogen-bond acceptors (Lipinski definition) is 5. The predicted octanol–water partition coefficient (Wildman–Crippen LogP) is 15.1. The molecule has 0 aliphatic rings. The van der Waals surface area contributed by atoms with E-state index < -0.39 is 0 Å². The second-order valence-electron chi connectivity index (χ2n) is 16.6. The van der Waals surface area contributed by atoms with Gasteiger partial charge in [0.2, 0.25) is 5.69 Å². The Hall–Kier alpha value is -9.63. The number of nitrogens with zero attached hydrogens (tertiary/aromatic N) is 7. The van der Waals surface area contributed by atoms with Crippen molar-refractivity contribution in [2.45, 2.75) is 0 Å². The highest BCUT2D eigenvalue weighted by molar-refractivity contribution is 6.29. The highest BCUT2D eigenvalue weighted by atomic mass is 16.3. The van der Waals surface area contributed by atoms with Crippen LogP contribution in [0.25, 0.3) is 127 Å². The van der Waals surface area contributed by atoms with Crippen LogP contribution in [0.15, 0.2) is 205 Å². The predicted molar refractivity (Wildman–Crippen MR) is 269 cm³/mol. The molecule has 0 aliphatic carbocycles. The lowest BCUT2D eigenvalue weighted by Crippen LogP contribution is -2.00. The zero-order valence-corrected chi connectivity index (χ0v) is 35.6. The van der Waals surface area contributed by atoms with Crippen LogP contribution in [0.4, 0.5) is 5.69 Å². The number of benzene rings is 9. The van der Waals surface area contributed by atoms with E-state index in [1.165, 1.54) is 0 Å². The summed E-state index contributed by atoms with van der Waals surface area (Å²) < 4.78 is 11.8. The molecule has 310 valence electrons. The van der Waals surface area contributed by atoms with Crippen LogP contribution in [0.3, 0.4) is 0 Å². The summed E-state index contributed by atoms with van der Waals surface area (Å²) in [5.41, 5.74) is 13.3. The van der Waals surface area contributed by atoms with Crippen molar-refractivity contribution in [2.24, 2.45) is 0 Å². The average molecular weight is 856 g/mol. The van der Waals surface area contributed by atoms with E-state index in [1.807, 2.05) is 66.7 Å². The van der Waals surface area contributed by atoms with Gasteiger partial charge in [-0.25, -0.2) is 19.8 Å². The number of aromatic nitrogens is 5. The Morgan fingerprint density at radius 2 is 0.851 bits per heavy atom. The van der Waals surface area contributed by atoms with E-state index >= 15 is 0 Å². The van der Waals surface area contributed by atoms with Crippen molar-refractivity contribution in [1.29, 1.82) is 5.26 Å². The number of nitriles is 1. The molecular formula is C59H33N7O. The fourth-order valence-electron chi connectivity index (χ4n) is 9.75. The minimum absolute atomic E-state index is 0.357. The molecule has 0 atom stereocenters. The standard InChI is InChI=1S/C59H33N7O/c1-61-48-31-24-40(34-41(48)35-60)36-20-25-42(26-21-36)65-49-18-10-8-16-46(49)53-51(65)32-29-44-45-30-33-52-54(56(45)67-55(44)53)47-17-9-11-19-50(47)66(52)43-27-22-39(23-28-43)59-63-57(37-12-4-2-5-13-37)62-58(64-59)38-14-6-3-7-15-38/h2-34H. The van der Waals surface area contributed by atoms with Gasteiger partial charge >= 0.3 is 0 Å². The van der Waals surface area contributed by atoms with E-state index in [1.54, 1.807) is 12.1 Å². The Labute approximate surface area is 383 Å². The van der Waals surface area contributed by atoms with Crippen LogP contribution in [0, 0.1) is 17.9 Å². The minimum Gasteiger partial charge on any atom is -0.455 e. The van der Waals surface area contributed by atoms with Crippen LogP contribution in [0.2, 0.25) is 0 Å². The second kappa shape index (κ2) is 15.0. The third-order valence-electron chi connectivity index (χ3n) is 12.9. The molecule has 0 saturated heterocycles. The van der Waals surface area contributed by atoms with Crippen molar-refractivity contribution in [3.8, 4) is 62.7 Å². The summed E-state index contributed by atoms with van der Waals surface area (Å²) in [7, 11) is 0. The molecule has 13 rings (SSSR count). The van der Waals surface area contributed by atoms with Crippen molar-refractivity contribution in [3.63, 3.8) is 0 Å². The van der Waals surface area contributed by atoms with Gasteiger partial charge in [-0.3, -0.25) is 0 Å². The van der Waals surface area contributed by atoms with Crippen LogP contribution in [0.1, 0.15) is 5.56 Å². The molecule has 0 fully saturated rings. The van der Waals surface area contributed by atoms with Crippen molar-refractivity contribution in [2.75, 3.05) is 0 Å². The highest BCUT2D eigenvalue weighted by Gasteiger charge is 2.23. The number of fused-ring (bicyclic) bond motifs is 11. The van der Waals surface area contributed by atoms with E-state index in [9.17, 15) is 5.26 Å². The molecular weight excluding hydrogens is 823 g/mol. The number of para-hydroxylation sites is 2. The molecule has 8 nitrogen and oxygen atoms in total. The Balaban J connectivity index is 0.944. The number of rotatable bonds is 6. The SMILES string of the molecule is [C-]#[N+]c1ccc(-c2ccc(-n3c4ccccc4c4c5oc6c(ccc7c6c6ccccc6n7-c6ccc(-c7nc(-c8ccccc8)nc(-c8ccccc8)n7)cc6)c5ccc43)cc2)cc1C#N. The van der Waals surface area contributed by atoms with Crippen LogP contribution in [-0.2, 0) is 0 Å². The normalized spacial score (nSPS) is 11.6. The van der Waals surface area contributed by atoms with Crippen molar-refractivity contribution >= 4 is 71.2 Å². The molecule has 0 saturated carbocycles. The van der Waals surface area contributed by atoms with Gasteiger partial charge in [0.1, 0.15) is 11.2 Å². The van der Waals surface area contributed by atoms with E-state index in [0.717, 1.165) is 105 Å². The Morgan fingerprint density at radius 1 is 0.418 bits per heavy atom. The summed E-state index contributed by atoms with van der Waals surface area (Å²) in [6.07, 6.45) is 0. The van der Waals surface area contributed by atoms with Crippen LogP contribution in [0.5, 0.6) is 0 Å². The first-order valence-corrected chi connectivity index (χ1v) is 21.9. The molecule has 4 heterocycles. The fraction of sp³-hybridized carbons (Fsp3) is 0. The first-order valence-electron chi connectivity index (χ1n) is 21.9. The summed E-state index contributed by atoms with van der Waals surface area (Å²) >= 11 is 0. The summed E-state index contributed by atoms with van der Waals surface area (Å²) in [5, 5.41) is 16.1. The first kappa shape index (κ1) is 37.9. The monoisotopic (exact) mass is 855 g/mol. The third-order valence-corrected chi connectivity index (χ3v) is 12.9. The van der Waals surface area contributed by atoms with Crippen LogP contribution < -0.4 is 0 Å². The highest BCUT2D eigenvalue weighted by Crippen LogP contribution is 2.45. The van der Waals surface area contributed by atoms with E-state index in [-0.39, 0.29) is 0 Å². The second-order valence-corrected chi connectivity index (χ2v) is 16.6. The van der Waals surface area contributed by atoms with Crippen LogP contribution >= 0.6 is 0 Å². The summed E-state index contributed by atoms with van der Waals surface area (Å²) in [6.45, 7) is 7.42. The smallest absolute Gasteiger partial charge is 0.204 e. The molecule has 0 unspecified atom stereocenters. The van der Waals surface area contributed by atoms with Gasteiger partial charge in [-0.15, -0.1) is 0 Å². The Kier molecular flexibility index (Phi) is 8.48. The maximum Gasteiger partial charge on any atom is 0.204 e. The summed E-state index contributed by atoms with van der Waals surface area (Å²) in [4.78, 5) is 18.3. The average Bonchev–Trinajstić information content (AvgIpc) is 4.07. The van der Waals surface area contributed by atoms with Gasteiger partial charge in [-0.1, -0.05) is 121 Å². The van der Waals surface area contributed by atoms with Crippen molar-refractivity contribution < 1.29 is 4.42 Å². The van der Waals surface area contributed by atoms with Gasteiger partial charge < -0.3 is 13.6 Å². The lowest BCUT2D eigenvalue weighted by Gasteiger charge is -2.10. The van der Waals surface area contributed by atoms with Gasteiger partial charge in [0, 0.05) is 49.6 Å². The molecule has 0 bridgehead atoms. The molecule has 9 aromatic carbocycles. The van der Waals surface area contributed by atoms with E-state index in [4.69, 9.17) is 25.9 Å². The molecule has 67 heavy (non-hydrogen) atoms. The molecule has 0 spiro atoms. The van der Waals surface area contributed by atoms with Gasteiger partial charge in [-0.2, -0.15) is 5.26 Å². The quantitative estimate of drug-likeness (QED) is 0.155. The van der Waals surface area contributed by atoms with Gasteiger partial charge in [-0.05, 0) is 90.0 Å². The van der Waals surface area contributed by atoms with Crippen LogP contribution in [-0.4, -0.2) is 24.1 Å². The maximum absolute atomic E-state index is 9.66. The summed E-state index contributed by atoms with van der Waals surface area (Å²) in [5.74, 6) is 1.86. The zero-order valence-electron chi connectivity index (χ0n) is 35.6. The van der Waals surface area contributed by atoms with Gasteiger partial charge in [0.05, 0.1) is 51.0 Å². The lowest BCUT2D eigenvalue weighted by molar-refractivity contribution is 0.677. The molecule has 0 radical (unpaired) electrons. The third kappa shape index (κ3) is 5.95. The molecule has 4 aromatic heterocycles. The van der Waals surface area contributed by atoms with Crippen molar-refractivity contribution in [1.82, 2.24) is 24.1 Å². The molecule has 13 aromatic rings. The largest absolute Gasteiger partial charge is 0.455 e. The molecule has 8 heteroatoms. The van der Waals surface area contributed by atoms with E-state index in [2.05, 4.69) is 141 Å². The van der Waals surface area contributed by atoms with Crippen molar-refractivity contribution in [3.05, 3.63) is 217 Å². The van der Waals surface area contributed by atoms with Gasteiger partial charge in [0.15, 0.2) is 17.5 Å². The number of hydrogen-bond donors (Lipinski definition) is 0. The topological polar surface area (TPSA) is 89.8 Å². The summed E-state index contributed by atoms with van der Waals surface area (Å²) in [6, 6.07) is 70.3. The maximum atomic E-state index is 9.66. The minimum atomic E-state index is 0.357. The fourth-order valence-corrected chi connectivity index (χ4v) is 9.75. The Morgan fingerprint density at radius 3 is 1.33 bits per heavy atom. The van der Waals surface area contributed by atoms with E-state index in [0.29, 0.717) is 28.7 Å². The lowest BCUT2D eigenvalue weighted by atomic mass is 10.0. The van der Waals surface area contributed by atoms with Gasteiger partial charge in [0.25, 0.3) is 0 Å².